The SMILES string of the molecule is Nc1nccn2c1c(C1=CC=C3C=CC(c4ccccc4)=NC3C1)nc2[C@H]1C[C@@H](N2CCN(Cc3cnc[nH]3)CC2)C1. The van der Waals surface area contributed by atoms with Crippen molar-refractivity contribution in [1.29, 1.82) is 0 Å². The largest absolute Gasteiger partial charge is 0.382 e. The van der Waals surface area contributed by atoms with Crippen molar-refractivity contribution in [1.82, 2.24) is 34.1 Å². The maximum Gasteiger partial charge on any atom is 0.150 e. The summed E-state index contributed by atoms with van der Waals surface area (Å²) < 4.78 is 2.19. The van der Waals surface area contributed by atoms with Crippen LogP contribution in [0.3, 0.4) is 0 Å². The molecule has 4 aromatic rings. The Morgan fingerprint density at radius 3 is 2.67 bits per heavy atom. The molecule has 1 aromatic carbocycles. The number of dihydropyridines is 1. The van der Waals surface area contributed by atoms with Gasteiger partial charge in [0.2, 0.25) is 0 Å². The molecule has 9 nitrogen and oxygen atoms in total. The number of H-pyrrole nitrogens is 1. The third-order valence-electron chi connectivity index (χ3n) is 9.34. The summed E-state index contributed by atoms with van der Waals surface area (Å²) in [5.41, 5.74) is 14.1. The first-order chi connectivity index (χ1) is 20.7. The van der Waals surface area contributed by atoms with Gasteiger partial charge in [0.25, 0.3) is 0 Å². The Hall–Kier alpha value is -4.34. The highest BCUT2D eigenvalue weighted by atomic mass is 15.3. The Labute approximate surface area is 245 Å². The van der Waals surface area contributed by atoms with Crippen molar-refractivity contribution in [3.05, 3.63) is 108 Å². The van der Waals surface area contributed by atoms with Gasteiger partial charge in [-0.05, 0) is 35.6 Å². The summed E-state index contributed by atoms with van der Waals surface area (Å²) in [5.74, 6) is 2.05. The van der Waals surface area contributed by atoms with E-state index in [0.29, 0.717) is 17.8 Å². The lowest BCUT2D eigenvalue weighted by Gasteiger charge is -2.46. The molecule has 2 aliphatic carbocycles. The van der Waals surface area contributed by atoms with Crippen LogP contribution in [-0.4, -0.2) is 78.1 Å². The first-order valence-corrected chi connectivity index (χ1v) is 15.0. The molecule has 0 spiro atoms. The zero-order chi connectivity index (χ0) is 28.0. The molecule has 9 heteroatoms. The Bertz CT molecular complexity index is 1710. The fraction of sp³-hybridized carbons (Fsp3) is 0.333. The lowest BCUT2D eigenvalue weighted by molar-refractivity contribution is 0.0468. The van der Waals surface area contributed by atoms with Gasteiger partial charge in [0.05, 0.1) is 23.8 Å². The number of benzene rings is 1. The van der Waals surface area contributed by atoms with Crippen LogP contribution in [-0.2, 0) is 6.54 Å². The average molecular weight is 558 g/mol. The van der Waals surface area contributed by atoms with Gasteiger partial charge in [-0.1, -0.05) is 48.6 Å². The van der Waals surface area contributed by atoms with E-state index in [0.717, 1.165) is 80.3 Å². The highest BCUT2D eigenvalue weighted by molar-refractivity contribution is 6.10. The average Bonchev–Trinajstić information content (AvgIpc) is 3.66. The zero-order valence-electron chi connectivity index (χ0n) is 23.6. The normalized spacial score (nSPS) is 24.6. The van der Waals surface area contributed by atoms with E-state index < -0.39 is 0 Å². The number of rotatable bonds is 6. The predicted molar refractivity (Wildman–Crippen MR) is 165 cm³/mol. The predicted octanol–water partition coefficient (Wildman–Crippen LogP) is 4.24. The van der Waals surface area contributed by atoms with Gasteiger partial charge in [0.15, 0.2) is 0 Å². The van der Waals surface area contributed by atoms with Gasteiger partial charge >= 0.3 is 0 Å². The van der Waals surface area contributed by atoms with E-state index in [-0.39, 0.29) is 6.04 Å². The third-order valence-corrected chi connectivity index (χ3v) is 9.34. The van der Waals surface area contributed by atoms with E-state index in [1.54, 1.807) is 12.5 Å². The number of imidazole rings is 2. The second-order valence-electron chi connectivity index (χ2n) is 11.9. The van der Waals surface area contributed by atoms with Crippen molar-refractivity contribution in [2.75, 3.05) is 31.9 Å². The Morgan fingerprint density at radius 1 is 1.00 bits per heavy atom. The molecule has 3 aromatic heterocycles. The Kier molecular flexibility index (Phi) is 6.34. The summed E-state index contributed by atoms with van der Waals surface area (Å²) >= 11 is 0. The fourth-order valence-electron chi connectivity index (χ4n) is 6.92. The molecular formula is C33H35N9. The molecule has 1 saturated heterocycles. The smallest absolute Gasteiger partial charge is 0.150 e. The van der Waals surface area contributed by atoms with E-state index in [2.05, 4.69) is 77.7 Å². The lowest BCUT2D eigenvalue weighted by Crippen LogP contribution is -2.53. The summed E-state index contributed by atoms with van der Waals surface area (Å²) in [7, 11) is 0. The van der Waals surface area contributed by atoms with Crippen molar-refractivity contribution in [2.45, 2.75) is 43.8 Å². The minimum atomic E-state index is 0.0725. The van der Waals surface area contributed by atoms with Gasteiger partial charge in [0.1, 0.15) is 17.2 Å². The minimum absolute atomic E-state index is 0.0725. The summed E-state index contributed by atoms with van der Waals surface area (Å²) in [5, 5.41) is 0. The number of piperazine rings is 1. The van der Waals surface area contributed by atoms with Crippen LogP contribution < -0.4 is 5.73 Å². The maximum atomic E-state index is 6.50. The molecule has 212 valence electrons. The topological polar surface area (TPSA) is 104 Å². The van der Waals surface area contributed by atoms with Crippen molar-refractivity contribution in [3.63, 3.8) is 0 Å². The van der Waals surface area contributed by atoms with Crippen LogP contribution in [0.25, 0.3) is 11.1 Å². The number of fused-ring (bicyclic) bond motifs is 2. The van der Waals surface area contributed by atoms with Gasteiger partial charge < -0.3 is 10.7 Å². The van der Waals surface area contributed by atoms with Gasteiger partial charge in [-0.25, -0.2) is 15.0 Å². The molecular weight excluding hydrogens is 522 g/mol. The summed E-state index contributed by atoms with van der Waals surface area (Å²) in [4.78, 5) is 27.4. The monoisotopic (exact) mass is 557 g/mol. The quantitative estimate of drug-likeness (QED) is 0.368. The van der Waals surface area contributed by atoms with E-state index in [1.807, 2.05) is 18.5 Å². The molecule has 1 saturated carbocycles. The van der Waals surface area contributed by atoms with E-state index in [4.69, 9.17) is 15.7 Å². The number of nitrogen functional groups attached to an aromatic ring is 1. The highest BCUT2D eigenvalue weighted by Gasteiger charge is 2.39. The molecule has 8 rings (SSSR count). The summed E-state index contributed by atoms with van der Waals surface area (Å²) in [6, 6.07) is 11.1. The summed E-state index contributed by atoms with van der Waals surface area (Å²) in [6.45, 7) is 5.35. The van der Waals surface area contributed by atoms with Crippen molar-refractivity contribution in [3.8, 4) is 0 Å². The zero-order valence-corrected chi connectivity index (χ0v) is 23.6. The standard InChI is InChI=1S/C33H35N9/c34-32-31-30(24-7-6-23-8-9-28(38-29(23)18-24)22-4-2-1-3-5-22)39-33(42(31)11-10-36-32)25-16-27(17-25)41-14-12-40(13-15-41)20-26-19-35-21-37-26/h1-11,19,21,25,27,29H,12-18,20H2,(H2,34,36)(H,35,37)/t25-,27+,29?. The van der Waals surface area contributed by atoms with Gasteiger partial charge in [-0.15, -0.1) is 0 Å². The van der Waals surface area contributed by atoms with Crippen LogP contribution in [0.4, 0.5) is 5.82 Å². The van der Waals surface area contributed by atoms with Crippen LogP contribution >= 0.6 is 0 Å². The number of nitrogens with one attached hydrogen (secondary N) is 1. The molecule has 42 heavy (non-hydrogen) atoms. The second-order valence-corrected chi connectivity index (χ2v) is 11.9. The molecule has 5 heterocycles. The number of nitrogens with two attached hydrogens (primary N) is 1. The lowest BCUT2D eigenvalue weighted by atomic mass is 9.78. The van der Waals surface area contributed by atoms with Crippen LogP contribution in [0.1, 0.15) is 48.0 Å². The molecule has 2 aliphatic heterocycles. The molecule has 3 N–H and O–H groups in total. The number of nitrogens with zero attached hydrogens (tertiary/aromatic N) is 7. The molecule has 1 unspecified atom stereocenters. The Morgan fingerprint density at radius 2 is 1.86 bits per heavy atom. The van der Waals surface area contributed by atoms with Crippen LogP contribution in [0.5, 0.6) is 0 Å². The number of allylic oxidation sites excluding steroid dienone is 3. The van der Waals surface area contributed by atoms with Crippen LogP contribution in [0, 0.1) is 0 Å². The Balaban J connectivity index is 0.995. The fourth-order valence-corrected chi connectivity index (χ4v) is 6.92. The first kappa shape index (κ1) is 25.4. The minimum Gasteiger partial charge on any atom is -0.382 e. The van der Waals surface area contributed by atoms with Crippen molar-refractivity contribution in [2.24, 2.45) is 4.99 Å². The number of aliphatic imine (C=N–C) groups is 1. The van der Waals surface area contributed by atoms with E-state index >= 15 is 0 Å². The van der Waals surface area contributed by atoms with E-state index in [1.165, 1.54) is 16.8 Å². The van der Waals surface area contributed by atoms with Crippen LogP contribution in [0.15, 0.2) is 90.1 Å². The maximum absolute atomic E-state index is 6.50. The van der Waals surface area contributed by atoms with Gasteiger partial charge in [-0.2, -0.15) is 0 Å². The van der Waals surface area contributed by atoms with E-state index in [9.17, 15) is 0 Å². The number of aromatic nitrogens is 5. The van der Waals surface area contributed by atoms with Gasteiger partial charge in [0, 0.05) is 75.4 Å². The number of aromatic amines is 1. The first-order valence-electron chi connectivity index (χ1n) is 15.0. The molecule has 0 radical (unpaired) electrons. The number of anilines is 1. The van der Waals surface area contributed by atoms with Crippen molar-refractivity contribution >= 4 is 22.6 Å². The molecule has 0 bridgehead atoms. The van der Waals surface area contributed by atoms with Crippen LogP contribution in [0.2, 0.25) is 0 Å². The number of hydrogen-bond acceptors (Lipinski definition) is 7. The summed E-state index contributed by atoms with van der Waals surface area (Å²) in [6.07, 6.45) is 19.3. The second kappa shape index (κ2) is 10.5. The molecule has 4 aliphatic rings. The molecule has 1 atom stereocenters. The highest BCUT2D eigenvalue weighted by Crippen LogP contribution is 2.42. The van der Waals surface area contributed by atoms with Crippen molar-refractivity contribution < 1.29 is 0 Å². The third kappa shape index (κ3) is 4.59. The molecule has 2 fully saturated rings. The molecule has 0 amide bonds. The number of hydrogen-bond donors (Lipinski definition) is 2. The van der Waals surface area contributed by atoms with Gasteiger partial charge in [-0.3, -0.25) is 19.2 Å².